The molecule has 34 heavy (non-hydrogen) atoms. The number of carbonyl (C=O) groups excluding carboxylic acids is 2. The van der Waals surface area contributed by atoms with Crippen LogP contribution in [0.25, 0.3) is 16.9 Å². The van der Waals surface area contributed by atoms with Crippen molar-refractivity contribution in [2.75, 3.05) is 13.7 Å². The Morgan fingerprint density at radius 2 is 1.91 bits per heavy atom. The molecule has 176 valence electrons. The summed E-state index contributed by atoms with van der Waals surface area (Å²) in [7, 11) is 1.33. The van der Waals surface area contributed by atoms with Crippen LogP contribution in [0.15, 0.2) is 59.7 Å². The average Bonchev–Trinajstić information content (AvgIpc) is 3.28. The third-order valence-electron chi connectivity index (χ3n) is 5.80. The number of urea groups is 1. The number of hydrogen-bond donors (Lipinski definition) is 1. The van der Waals surface area contributed by atoms with Gasteiger partial charge in [-0.3, -0.25) is 4.79 Å². The zero-order valence-electron chi connectivity index (χ0n) is 19.7. The van der Waals surface area contributed by atoms with Crippen LogP contribution in [0, 0.1) is 12.8 Å². The molecule has 2 heterocycles. The molecule has 1 aliphatic heterocycles. The summed E-state index contributed by atoms with van der Waals surface area (Å²) in [6.45, 7) is 6.35. The Kier molecular flexibility index (Phi) is 6.77. The number of amides is 2. The van der Waals surface area contributed by atoms with Gasteiger partial charge in [0.25, 0.3) is 0 Å². The molecule has 3 aromatic rings. The second kappa shape index (κ2) is 9.91. The highest BCUT2D eigenvalue weighted by Crippen LogP contribution is 2.36. The van der Waals surface area contributed by atoms with Gasteiger partial charge in [0.05, 0.1) is 31.1 Å². The first kappa shape index (κ1) is 23.2. The van der Waals surface area contributed by atoms with E-state index in [1.807, 2.05) is 61.7 Å². The fourth-order valence-corrected chi connectivity index (χ4v) is 4.13. The van der Waals surface area contributed by atoms with Gasteiger partial charge >= 0.3 is 12.0 Å². The summed E-state index contributed by atoms with van der Waals surface area (Å²) in [5, 5.41) is 7.71. The molecule has 0 saturated heterocycles. The van der Waals surface area contributed by atoms with Crippen molar-refractivity contribution < 1.29 is 19.1 Å². The number of methoxy groups -OCH3 is 1. The normalized spacial score (nSPS) is 17.6. The van der Waals surface area contributed by atoms with Crippen LogP contribution in [-0.4, -0.2) is 41.2 Å². The number of ether oxygens (including phenoxy) is 2. The SMILES string of the molecule is CCCOc1ccc(-c2nn(-c3ccccc3)cc2C2NC(=O)N=C(C)C2C(=O)OC)cc1C. The minimum Gasteiger partial charge on any atom is -0.493 e. The van der Waals surface area contributed by atoms with Crippen LogP contribution in [0.2, 0.25) is 0 Å². The molecule has 1 aromatic heterocycles. The highest BCUT2D eigenvalue weighted by molar-refractivity contribution is 6.08. The Bertz CT molecular complexity index is 1230. The van der Waals surface area contributed by atoms with Crippen molar-refractivity contribution in [3.05, 3.63) is 65.9 Å². The number of benzene rings is 2. The van der Waals surface area contributed by atoms with Crippen molar-refractivity contribution in [1.29, 1.82) is 0 Å². The molecule has 0 fully saturated rings. The van der Waals surface area contributed by atoms with Crippen LogP contribution >= 0.6 is 0 Å². The second-order valence-corrected chi connectivity index (χ2v) is 8.22. The van der Waals surface area contributed by atoms with Crippen molar-refractivity contribution in [2.24, 2.45) is 10.9 Å². The van der Waals surface area contributed by atoms with E-state index in [0.29, 0.717) is 23.6 Å². The lowest BCUT2D eigenvalue weighted by Crippen LogP contribution is -2.44. The van der Waals surface area contributed by atoms with E-state index < -0.39 is 24.0 Å². The molecule has 0 saturated carbocycles. The number of nitrogens with one attached hydrogen (secondary N) is 1. The van der Waals surface area contributed by atoms with Crippen LogP contribution < -0.4 is 10.1 Å². The van der Waals surface area contributed by atoms with Crippen LogP contribution in [0.4, 0.5) is 4.79 Å². The monoisotopic (exact) mass is 460 g/mol. The molecule has 2 unspecified atom stereocenters. The number of hydrogen-bond acceptors (Lipinski definition) is 5. The standard InChI is InChI=1S/C26H28N4O4/c1-5-13-34-21-12-11-18(14-16(21)2)23-20(15-30(29-23)19-9-7-6-8-10-19)24-22(25(31)33-4)17(3)27-26(32)28-24/h6-12,14-15,22,24H,5,13H2,1-4H3,(H,28,32). The van der Waals surface area contributed by atoms with E-state index in [2.05, 4.69) is 17.2 Å². The molecule has 1 N–H and O–H groups in total. The summed E-state index contributed by atoms with van der Waals surface area (Å²) in [6.07, 6.45) is 2.77. The van der Waals surface area contributed by atoms with E-state index in [4.69, 9.17) is 14.6 Å². The maximum Gasteiger partial charge on any atom is 0.341 e. The molecule has 1 aliphatic rings. The van der Waals surface area contributed by atoms with Crippen molar-refractivity contribution in [3.63, 3.8) is 0 Å². The van der Waals surface area contributed by atoms with Crippen LogP contribution in [0.1, 0.15) is 37.4 Å². The van der Waals surface area contributed by atoms with Crippen molar-refractivity contribution in [2.45, 2.75) is 33.2 Å². The Morgan fingerprint density at radius 1 is 1.15 bits per heavy atom. The van der Waals surface area contributed by atoms with Gasteiger partial charge in [-0.2, -0.15) is 5.10 Å². The molecule has 4 rings (SSSR count). The minimum atomic E-state index is -0.761. The molecular weight excluding hydrogens is 432 g/mol. The predicted octanol–water partition coefficient (Wildman–Crippen LogP) is 4.65. The Balaban J connectivity index is 1.86. The van der Waals surface area contributed by atoms with Crippen LogP contribution in [0.5, 0.6) is 5.75 Å². The van der Waals surface area contributed by atoms with Gasteiger partial charge in [-0.25, -0.2) is 14.5 Å². The fourth-order valence-electron chi connectivity index (χ4n) is 4.13. The largest absolute Gasteiger partial charge is 0.493 e. The van der Waals surface area contributed by atoms with Gasteiger partial charge in [0.1, 0.15) is 11.7 Å². The Hall–Kier alpha value is -3.94. The molecule has 0 spiro atoms. The lowest BCUT2D eigenvalue weighted by Gasteiger charge is -2.29. The summed E-state index contributed by atoms with van der Waals surface area (Å²) >= 11 is 0. The zero-order chi connectivity index (χ0) is 24.2. The highest BCUT2D eigenvalue weighted by atomic mass is 16.5. The molecule has 2 aromatic carbocycles. The van der Waals surface area contributed by atoms with E-state index in [9.17, 15) is 9.59 Å². The van der Waals surface area contributed by atoms with E-state index in [1.54, 1.807) is 11.6 Å². The number of aromatic nitrogens is 2. The minimum absolute atomic E-state index is 0.401. The lowest BCUT2D eigenvalue weighted by atomic mass is 9.87. The summed E-state index contributed by atoms with van der Waals surface area (Å²) < 4.78 is 12.6. The van der Waals surface area contributed by atoms with E-state index in [-0.39, 0.29) is 0 Å². The molecule has 0 aliphatic carbocycles. The number of aliphatic imine (C=N–C) groups is 1. The summed E-state index contributed by atoms with van der Waals surface area (Å²) in [5.74, 6) is -0.414. The van der Waals surface area contributed by atoms with Gasteiger partial charge in [-0.05, 0) is 56.2 Å². The summed E-state index contributed by atoms with van der Waals surface area (Å²) in [5.41, 5.74) is 4.44. The zero-order valence-corrected chi connectivity index (χ0v) is 19.7. The molecular formula is C26H28N4O4. The summed E-state index contributed by atoms with van der Waals surface area (Å²) in [6, 6.07) is 14.4. The van der Waals surface area contributed by atoms with Gasteiger partial charge in [0.15, 0.2) is 0 Å². The topological polar surface area (TPSA) is 94.8 Å². The predicted molar refractivity (Wildman–Crippen MR) is 129 cm³/mol. The maximum atomic E-state index is 12.7. The molecule has 2 amide bonds. The fraction of sp³-hybridized carbons (Fsp3) is 0.308. The first-order valence-electron chi connectivity index (χ1n) is 11.2. The molecule has 0 bridgehead atoms. The van der Waals surface area contributed by atoms with Gasteiger partial charge in [-0.15, -0.1) is 0 Å². The number of esters is 1. The number of carbonyl (C=O) groups is 2. The Morgan fingerprint density at radius 3 is 2.59 bits per heavy atom. The van der Waals surface area contributed by atoms with Gasteiger partial charge < -0.3 is 14.8 Å². The lowest BCUT2D eigenvalue weighted by molar-refractivity contribution is -0.143. The number of nitrogens with zero attached hydrogens (tertiary/aromatic N) is 3. The van der Waals surface area contributed by atoms with Crippen molar-refractivity contribution in [3.8, 4) is 22.7 Å². The third-order valence-corrected chi connectivity index (χ3v) is 5.80. The van der Waals surface area contributed by atoms with Crippen LogP contribution in [-0.2, 0) is 9.53 Å². The smallest absolute Gasteiger partial charge is 0.341 e. The summed E-state index contributed by atoms with van der Waals surface area (Å²) in [4.78, 5) is 29.0. The number of aryl methyl sites for hydroxylation is 1. The molecule has 8 nitrogen and oxygen atoms in total. The first-order chi connectivity index (χ1) is 16.4. The second-order valence-electron chi connectivity index (χ2n) is 8.22. The number of para-hydroxylation sites is 1. The van der Waals surface area contributed by atoms with E-state index in [0.717, 1.165) is 29.0 Å². The van der Waals surface area contributed by atoms with Gasteiger partial charge in [0.2, 0.25) is 0 Å². The average molecular weight is 461 g/mol. The highest BCUT2D eigenvalue weighted by Gasteiger charge is 2.40. The van der Waals surface area contributed by atoms with Gasteiger partial charge in [-0.1, -0.05) is 25.1 Å². The van der Waals surface area contributed by atoms with Crippen molar-refractivity contribution >= 4 is 17.7 Å². The first-order valence-corrected chi connectivity index (χ1v) is 11.2. The van der Waals surface area contributed by atoms with Gasteiger partial charge in [0, 0.05) is 23.0 Å². The molecule has 2 atom stereocenters. The number of rotatable bonds is 7. The molecule has 0 radical (unpaired) electrons. The molecule has 8 heteroatoms. The van der Waals surface area contributed by atoms with Crippen molar-refractivity contribution in [1.82, 2.24) is 15.1 Å². The quantitative estimate of drug-likeness (QED) is 0.518. The Labute approximate surface area is 198 Å². The third kappa shape index (κ3) is 4.57. The van der Waals surface area contributed by atoms with Crippen LogP contribution in [0.3, 0.4) is 0 Å². The van der Waals surface area contributed by atoms with E-state index in [1.165, 1.54) is 7.11 Å². The van der Waals surface area contributed by atoms with E-state index >= 15 is 0 Å². The maximum absolute atomic E-state index is 12.7.